The molecule has 2 saturated heterocycles. The van der Waals surface area contributed by atoms with E-state index in [0.29, 0.717) is 92.7 Å². The average molecular weight is 2020 g/mol. The minimum absolute atomic E-state index is 0. The largest absolute Gasteiger partial charge is 3.00 e. The van der Waals surface area contributed by atoms with Crippen molar-refractivity contribution < 1.29 is 181 Å². The summed E-state index contributed by atoms with van der Waals surface area (Å²) in [6, 6.07) is 29.4. The molecule has 0 radical (unpaired) electrons. The summed E-state index contributed by atoms with van der Waals surface area (Å²) in [7, 11) is -13.6. The van der Waals surface area contributed by atoms with Crippen molar-refractivity contribution in [2.75, 3.05) is 128 Å². The number of fused-ring (bicyclic) bond motifs is 8. The number of ether oxygens (including phenoxy) is 6. The number of alkyl carbamates (subject to hydrolysis) is 1. The number of hydrogen-bond donors (Lipinski definition) is 10. The van der Waals surface area contributed by atoms with Crippen molar-refractivity contribution in [2.24, 2.45) is 0 Å². The summed E-state index contributed by atoms with van der Waals surface area (Å²) >= 11 is 0. The number of nitrogen functional groups attached to an aromatic ring is 1. The number of aromatic nitrogens is 7. The van der Waals surface area contributed by atoms with E-state index < -0.39 is 140 Å². The molecule has 8 aromatic rings. The van der Waals surface area contributed by atoms with Crippen molar-refractivity contribution in [3.8, 4) is 52.8 Å². The third kappa shape index (κ3) is 35.4. The van der Waals surface area contributed by atoms with Gasteiger partial charge in [-0.25, -0.2) is 46.0 Å². The molecule has 2 fully saturated rings. The first-order chi connectivity index (χ1) is 62.7. The first kappa shape index (κ1) is 102. The quantitative estimate of drug-likeness (QED) is 0.0107. The predicted octanol–water partition coefficient (Wildman–Crippen LogP) is 0.172. The van der Waals surface area contributed by atoms with Crippen LogP contribution in [-0.2, 0) is 126 Å². The van der Waals surface area contributed by atoms with Gasteiger partial charge in [0.1, 0.15) is 36.0 Å². The van der Waals surface area contributed by atoms with Gasteiger partial charge < -0.3 is 90.1 Å². The Kier molecular flexibility index (Phi) is 38.9. The number of nitrogens with two attached hydrogens (primary N) is 1. The number of carbonyl (C=O) groups is 8. The Bertz CT molecular complexity index is 5710. The van der Waals surface area contributed by atoms with Crippen LogP contribution in [0.1, 0.15) is 93.2 Å². The number of carboxylic acids is 3. The number of phosphoric acid groups is 1. The number of benzene rings is 3. The van der Waals surface area contributed by atoms with Gasteiger partial charge >= 0.3 is 81.2 Å². The molecule has 8 heterocycles. The maximum Gasteiger partial charge on any atom is 3.00 e. The molecule has 45 nitrogen and oxygen atoms in total. The van der Waals surface area contributed by atoms with E-state index >= 15 is 0 Å². The molecule has 132 heavy (non-hydrogen) atoms. The summed E-state index contributed by atoms with van der Waals surface area (Å²) < 4.78 is 123. The number of nitrogens with zero attached hydrogens (tertiary/aromatic N) is 11. The number of hydroxylamine groups is 1. The summed E-state index contributed by atoms with van der Waals surface area (Å²) in [4.78, 5) is 149. The maximum atomic E-state index is 12.9. The zero-order valence-electron chi connectivity index (χ0n) is 70.3. The number of hydrogen-bond acceptors (Lipinski definition) is 35. The molecule has 5 aromatic heterocycles. The van der Waals surface area contributed by atoms with Crippen molar-refractivity contribution in [3.63, 3.8) is 0 Å². The monoisotopic (exact) mass is 2020 g/mol. The van der Waals surface area contributed by atoms with Crippen LogP contribution in [0.2, 0.25) is 0 Å². The molecule has 698 valence electrons. The molecule has 3 aliphatic heterocycles. The van der Waals surface area contributed by atoms with Crippen molar-refractivity contribution >= 4 is 92.7 Å². The second-order valence-corrected chi connectivity index (χ2v) is 33.7. The van der Waals surface area contributed by atoms with Crippen molar-refractivity contribution in [1.82, 2.24) is 75.9 Å². The third-order valence-electron chi connectivity index (χ3n) is 18.6. The van der Waals surface area contributed by atoms with Crippen LogP contribution in [0, 0.1) is 84.9 Å². The van der Waals surface area contributed by atoms with E-state index in [9.17, 15) is 89.1 Å². The van der Waals surface area contributed by atoms with Crippen molar-refractivity contribution in [1.29, 1.82) is 0 Å². The van der Waals surface area contributed by atoms with E-state index in [-0.39, 0.29) is 195 Å². The molecule has 6 bridgehead atoms. The summed E-state index contributed by atoms with van der Waals surface area (Å²) in [5, 5.41) is 45.0. The average Bonchev–Trinajstić information content (AvgIpc) is 1.60. The SMILES string of the molecule is Nc1ncnc2c1ncn2N1OC2COP(=O)(O)OC2C1OC(=O)NCCOCCOCCNC(=O)CCCC(=O)NCCCOc1ccc(C#Cc2cc3nc(c2)CN(CC(=O)O)Cc2cc(C#Cc4ccc(OCC(=O)NCCS(=O)(=O)[O-])cc4)cc(n2)CN(CC(=O)O)Cc2cc(C#Cc4ccc(OCC(=O)NCCS(=O)(=O)[O-])cc4)cc(n2)CN(CC(=O)O)C3)cc1.[Eu+3]. The van der Waals surface area contributed by atoms with Gasteiger partial charge in [0.2, 0.25) is 18.0 Å². The van der Waals surface area contributed by atoms with Crippen LogP contribution in [0.3, 0.4) is 0 Å². The molecular formula is C83H90EuN17O28PS2+. The molecule has 0 saturated carbocycles. The van der Waals surface area contributed by atoms with E-state index in [1.165, 1.54) is 41.6 Å². The van der Waals surface area contributed by atoms with Gasteiger partial charge in [-0.1, -0.05) is 35.5 Å². The fourth-order valence-corrected chi connectivity index (χ4v) is 14.6. The van der Waals surface area contributed by atoms with E-state index in [1.807, 2.05) is 0 Å². The minimum Gasteiger partial charge on any atom is -0.748 e. The van der Waals surface area contributed by atoms with Crippen LogP contribution in [0.5, 0.6) is 17.2 Å². The molecule has 0 spiro atoms. The summed E-state index contributed by atoms with van der Waals surface area (Å²) in [5.41, 5.74) is 11.0. The normalized spacial score (nSPS) is 16.4. The summed E-state index contributed by atoms with van der Waals surface area (Å²) in [5.74, 6) is 12.8. The standard InChI is InChI=1S/C83H92N17O28PS2.Eu/c84-80-78-81(91-53-90-80)99(54-92-78)100-82(79-70(127-100)50-125-129(112,113)128-79)126-83(111)89-25-30-121-32-31-120-29-24-86-72(102)4-1-3-71(101)85-23-2-28-122-67-17-11-55(12-18-67)5-8-58-35-61-41-96(47-75(105)106)43-63-37-59(9-6-56-13-19-68(20-14-56)123-51-73(103)87-26-33-130(114,115)116)39-65(94-63)45-98(49-77(109)110)46-66-40-60(38-64(95-66)44-97(48-76(107)108)42-62(36-58)93-61)10-7-57-15-21-69(22-16-57)124-52-74(104)88-27-34-131(117,118)119;/h11-22,35-40,53-54,70,79,82H,1-4,23-34,41-52H2,(H,85,101)(H,86,102)(H,87,103)(H,88,104)(H,89,111)(H,105,106)(H,107,108)(H,109,110)(H,112,113)(H2,84,90,91)(H,114,115,116)(H,117,118,119);/q;+3/p-2. The zero-order valence-corrected chi connectivity index (χ0v) is 75.3. The second kappa shape index (κ2) is 50.1. The van der Waals surface area contributed by atoms with E-state index in [1.54, 1.807) is 99.6 Å². The first-order valence-electron chi connectivity index (χ1n) is 40.4. The molecular weight excluding hydrogens is 1930 g/mol. The van der Waals surface area contributed by atoms with Crippen molar-refractivity contribution in [2.45, 2.75) is 83.4 Å². The van der Waals surface area contributed by atoms with Gasteiger partial charge in [0.25, 0.3) is 11.8 Å². The number of nitrogens with one attached hydrogen (secondary N) is 5. The van der Waals surface area contributed by atoms with E-state index in [0.717, 1.165) is 5.17 Å². The summed E-state index contributed by atoms with van der Waals surface area (Å²) in [6.45, 7) is -3.22. The van der Waals surface area contributed by atoms with Crippen LogP contribution in [0.15, 0.2) is 122 Å². The molecule has 3 aliphatic rings. The molecule has 11 N–H and O–H groups in total. The van der Waals surface area contributed by atoms with Gasteiger partial charge in [-0.05, 0) is 122 Å². The molecule has 3 aromatic carbocycles. The van der Waals surface area contributed by atoms with Gasteiger partial charge in [-0.3, -0.25) is 72.3 Å². The van der Waals surface area contributed by atoms with Gasteiger partial charge in [-0.15, -0.1) is 5.17 Å². The van der Waals surface area contributed by atoms with Gasteiger partial charge in [0.15, 0.2) is 36.3 Å². The Hall–Kier alpha value is -11.8. The predicted molar refractivity (Wildman–Crippen MR) is 455 cm³/mol. The molecule has 5 amide bonds. The van der Waals surface area contributed by atoms with Gasteiger partial charge in [0, 0.05) is 118 Å². The molecule has 0 aliphatic carbocycles. The summed E-state index contributed by atoms with van der Waals surface area (Å²) in [6.07, 6.45) is -1.16. The van der Waals surface area contributed by atoms with E-state index in [4.69, 9.17) is 63.0 Å². The molecule has 4 atom stereocenters. The Morgan fingerprint density at radius 3 is 1.31 bits per heavy atom. The number of carbonyl (C=O) groups excluding carboxylic acids is 5. The Labute approximate surface area is 796 Å². The smallest absolute Gasteiger partial charge is 0.748 e. The zero-order chi connectivity index (χ0) is 93.5. The van der Waals surface area contributed by atoms with Crippen LogP contribution in [-0.4, -0.2) is 278 Å². The van der Waals surface area contributed by atoms with E-state index in [2.05, 4.69) is 77.1 Å². The second-order valence-electron chi connectivity index (χ2n) is 29.3. The number of pyridine rings is 3. The number of anilines is 1. The number of carboxylic acid groups (broad SMARTS) is 3. The van der Waals surface area contributed by atoms with Gasteiger partial charge in [0.05, 0.1) is 125 Å². The van der Waals surface area contributed by atoms with Crippen LogP contribution >= 0.6 is 7.82 Å². The van der Waals surface area contributed by atoms with Crippen LogP contribution in [0.4, 0.5) is 10.6 Å². The third-order valence-corrected chi connectivity index (χ3v) is 21.0. The Balaban J connectivity index is 0.0000181. The number of imidazole rings is 1. The topological polar surface area (TPSA) is 613 Å². The number of rotatable bonds is 38. The maximum absolute atomic E-state index is 12.9. The minimum atomic E-state index is -4.55. The van der Waals surface area contributed by atoms with Gasteiger partial charge in [-0.2, -0.15) is 4.68 Å². The Morgan fingerprint density at radius 1 is 0.500 bits per heavy atom. The molecule has 11 rings (SSSR count). The molecule has 4 unspecified atom stereocenters. The fraction of sp³-hybridized carbons (Fsp3) is 0.373. The van der Waals surface area contributed by atoms with Crippen LogP contribution < -0.4 is 51.7 Å². The number of amides is 5. The van der Waals surface area contributed by atoms with Crippen molar-refractivity contribution in [3.05, 3.63) is 189 Å². The molecule has 49 heteroatoms. The first-order valence-corrected chi connectivity index (χ1v) is 45.0. The Morgan fingerprint density at radius 2 is 0.894 bits per heavy atom. The number of phosphoric ester groups is 1. The number of aliphatic carboxylic acids is 3. The fourth-order valence-electron chi connectivity index (χ4n) is 12.9. The van der Waals surface area contributed by atoms with Crippen LogP contribution in [0.25, 0.3) is 11.2 Å².